The first-order valence-corrected chi connectivity index (χ1v) is 7.49. The van der Waals surface area contributed by atoms with Crippen LogP contribution in [0, 0.1) is 5.92 Å². The van der Waals surface area contributed by atoms with E-state index in [4.69, 9.17) is 4.74 Å². The molecule has 0 spiro atoms. The molecule has 0 unspecified atom stereocenters. The van der Waals surface area contributed by atoms with Crippen LogP contribution < -0.4 is 0 Å². The molecule has 0 radical (unpaired) electrons. The molecule has 3 rings (SSSR count). The van der Waals surface area contributed by atoms with Crippen molar-refractivity contribution in [3.63, 3.8) is 0 Å². The maximum absolute atomic E-state index is 6.33. The molecule has 0 bridgehead atoms. The van der Waals surface area contributed by atoms with Crippen molar-refractivity contribution in [1.29, 1.82) is 0 Å². The van der Waals surface area contributed by atoms with E-state index >= 15 is 0 Å². The van der Waals surface area contributed by atoms with Gasteiger partial charge < -0.3 is 4.74 Å². The molecule has 1 aliphatic carbocycles. The molecule has 2 aliphatic rings. The average molecular weight is 248 g/mol. The van der Waals surface area contributed by atoms with Crippen LogP contribution in [0.15, 0.2) is 28.7 Å². The Bertz CT molecular complexity index is 418. The second-order valence-electron chi connectivity index (χ2n) is 5.52. The van der Waals surface area contributed by atoms with E-state index in [-0.39, 0.29) is 0 Å². The van der Waals surface area contributed by atoms with Crippen molar-refractivity contribution in [1.82, 2.24) is 0 Å². The topological polar surface area (TPSA) is 9.23 Å². The van der Waals surface area contributed by atoms with Gasteiger partial charge in [-0.2, -0.15) is 0 Å². The highest BCUT2D eigenvalue weighted by molar-refractivity contribution is 7.10. The highest BCUT2D eigenvalue weighted by Gasteiger charge is 2.32. The van der Waals surface area contributed by atoms with E-state index in [1.807, 2.05) is 11.3 Å². The normalized spacial score (nSPS) is 33.6. The summed E-state index contributed by atoms with van der Waals surface area (Å²) in [5, 5.41) is 2.15. The quantitative estimate of drug-likeness (QED) is 0.654. The summed E-state index contributed by atoms with van der Waals surface area (Å²) in [6.07, 6.45) is 5.63. The van der Waals surface area contributed by atoms with Gasteiger partial charge in [0.2, 0.25) is 0 Å². The van der Waals surface area contributed by atoms with Crippen LogP contribution in [0.3, 0.4) is 0 Å². The van der Waals surface area contributed by atoms with Crippen molar-refractivity contribution in [2.24, 2.45) is 5.92 Å². The van der Waals surface area contributed by atoms with Gasteiger partial charge in [0.1, 0.15) is 0 Å². The van der Waals surface area contributed by atoms with Gasteiger partial charge in [-0.05, 0) is 55.5 Å². The summed E-state index contributed by atoms with van der Waals surface area (Å²) in [6, 6.07) is 4.33. The van der Waals surface area contributed by atoms with Gasteiger partial charge in [0.25, 0.3) is 0 Å². The van der Waals surface area contributed by atoms with Crippen LogP contribution in [0.25, 0.3) is 0 Å². The van der Waals surface area contributed by atoms with Crippen LogP contribution in [0.1, 0.15) is 50.5 Å². The van der Waals surface area contributed by atoms with Gasteiger partial charge >= 0.3 is 0 Å². The van der Waals surface area contributed by atoms with Gasteiger partial charge in [0.05, 0.1) is 12.2 Å². The third-order valence-corrected chi connectivity index (χ3v) is 5.10. The molecule has 92 valence electrons. The molecule has 0 amide bonds. The van der Waals surface area contributed by atoms with Crippen molar-refractivity contribution < 1.29 is 4.74 Å². The molecule has 2 heterocycles. The minimum Gasteiger partial charge on any atom is -0.365 e. The Labute approximate surface area is 107 Å². The smallest absolute Gasteiger partial charge is 0.0961 e. The molecule has 0 aromatic carbocycles. The fourth-order valence-electron chi connectivity index (χ4n) is 3.11. The first-order valence-electron chi connectivity index (χ1n) is 6.61. The Morgan fingerprint density at radius 1 is 1.35 bits per heavy atom. The van der Waals surface area contributed by atoms with Gasteiger partial charge in [0.15, 0.2) is 0 Å². The van der Waals surface area contributed by atoms with Gasteiger partial charge in [-0.25, -0.2) is 0 Å². The molecule has 1 nitrogen and oxygen atoms in total. The van der Waals surface area contributed by atoms with Crippen LogP contribution in [-0.2, 0) is 4.74 Å². The average Bonchev–Trinajstić information content (AvgIpc) is 2.81. The van der Waals surface area contributed by atoms with Crippen LogP contribution in [0.5, 0.6) is 0 Å². The van der Waals surface area contributed by atoms with Crippen molar-refractivity contribution >= 4 is 11.3 Å². The minimum atomic E-state index is 0.314. The summed E-state index contributed by atoms with van der Waals surface area (Å²) in [6.45, 7) is 4.66. The van der Waals surface area contributed by atoms with E-state index < -0.39 is 0 Å². The Morgan fingerprint density at radius 2 is 2.24 bits per heavy atom. The number of thiophene rings is 1. The zero-order chi connectivity index (χ0) is 11.8. The highest BCUT2D eigenvalue weighted by Crippen LogP contribution is 2.43. The predicted octanol–water partition coefficient (Wildman–Crippen LogP) is 4.71. The second-order valence-corrected chi connectivity index (χ2v) is 6.50. The molecule has 1 aliphatic heterocycles. The number of ether oxygens (including phenoxy) is 1. The zero-order valence-electron chi connectivity index (χ0n) is 10.6. The minimum absolute atomic E-state index is 0.314. The van der Waals surface area contributed by atoms with Crippen molar-refractivity contribution in [2.75, 3.05) is 0 Å². The van der Waals surface area contributed by atoms with E-state index in [1.165, 1.54) is 24.1 Å². The Hall–Kier alpha value is -0.600. The van der Waals surface area contributed by atoms with E-state index in [1.54, 1.807) is 11.1 Å². The van der Waals surface area contributed by atoms with Gasteiger partial charge in [-0.1, -0.05) is 18.6 Å². The van der Waals surface area contributed by atoms with Crippen LogP contribution >= 0.6 is 11.3 Å². The molecule has 1 saturated carbocycles. The Kier molecular flexibility index (Phi) is 3.10. The third kappa shape index (κ3) is 2.21. The SMILES string of the molecule is CC1=C2CC[C@@H](C)C[C@H]2O[C@@H](c2cccs2)C1. The number of hydrogen-bond donors (Lipinski definition) is 0. The van der Waals surface area contributed by atoms with Crippen molar-refractivity contribution in [3.8, 4) is 0 Å². The fourth-order valence-corrected chi connectivity index (χ4v) is 3.87. The van der Waals surface area contributed by atoms with Gasteiger partial charge in [-0.3, -0.25) is 0 Å². The first kappa shape index (κ1) is 11.5. The Balaban J connectivity index is 1.84. The van der Waals surface area contributed by atoms with Crippen molar-refractivity contribution in [2.45, 2.75) is 51.7 Å². The molecule has 17 heavy (non-hydrogen) atoms. The number of hydrogen-bond acceptors (Lipinski definition) is 2. The van der Waals surface area contributed by atoms with Gasteiger partial charge in [-0.15, -0.1) is 11.3 Å². The number of fused-ring (bicyclic) bond motifs is 1. The summed E-state index contributed by atoms with van der Waals surface area (Å²) in [5.41, 5.74) is 3.20. The van der Waals surface area contributed by atoms with E-state index in [0.29, 0.717) is 12.2 Å². The molecule has 2 heteroatoms. The molecule has 1 aromatic rings. The lowest BCUT2D eigenvalue weighted by Crippen LogP contribution is -2.30. The largest absolute Gasteiger partial charge is 0.365 e. The summed E-state index contributed by atoms with van der Waals surface area (Å²) in [7, 11) is 0. The maximum atomic E-state index is 6.33. The molecule has 0 N–H and O–H groups in total. The summed E-state index contributed by atoms with van der Waals surface area (Å²) < 4.78 is 6.33. The lowest BCUT2D eigenvalue weighted by molar-refractivity contribution is -0.0243. The Morgan fingerprint density at radius 3 is 3.00 bits per heavy atom. The van der Waals surface area contributed by atoms with E-state index in [9.17, 15) is 0 Å². The number of rotatable bonds is 1. The lowest BCUT2D eigenvalue weighted by atomic mass is 9.80. The van der Waals surface area contributed by atoms with Crippen molar-refractivity contribution in [3.05, 3.63) is 33.5 Å². The molecule has 0 saturated heterocycles. The third-order valence-electron chi connectivity index (χ3n) is 4.14. The molecular weight excluding hydrogens is 228 g/mol. The van der Waals surface area contributed by atoms with Gasteiger partial charge in [0, 0.05) is 4.88 Å². The second kappa shape index (κ2) is 4.58. The monoisotopic (exact) mass is 248 g/mol. The summed E-state index contributed by atoms with van der Waals surface area (Å²) in [5.74, 6) is 0.818. The molecular formula is C15H20OS. The first-order chi connectivity index (χ1) is 8.24. The summed E-state index contributed by atoms with van der Waals surface area (Å²) in [4.78, 5) is 1.39. The predicted molar refractivity (Wildman–Crippen MR) is 72.3 cm³/mol. The highest BCUT2D eigenvalue weighted by atomic mass is 32.1. The fraction of sp³-hybridized carbons (Fsp3) is 0.600. The van der Waals surface area contributed by atoms with Crippen LogP contribution in [0.2, 0.25) is 0 Å². The summed E-state index contributed by atoms with van der Waals surface area (Å²) >= 11 is 1.82. The maximum Gasteiger partial charge on any atom is 0.0961 e. The standard InChI is InChI=1S/C15H20OS/c1-10-5-6-12-11(2)9-14(16-13(12)8-10)15-4-3-7-17-15/h3-4,7,10,13-14H,5-6,8-9H2,1-2H3/t10-,13-,14-/m1/s1. The lowest BCUT2D eigenvalue weighted by Gasteiger charge is -2.38. The van der Waals surface area contributed by atoms with Crippen LogP contribution in [-0.4, -0.2) is 6.10 Å². The van der Waals surface area contributed by atoms with Crippen LogP contribution in [0.4, 0.5) is 0 Å². The molecule has 3 atom stereocenters. The molecule has 1 fully saturated rings. The van der Waals surface area contributed by atoms with E-state index in [0.717, 1.165) is 12.3 Å². The van der Waals surface area contributed by atoms with E-state index in [2.05, 4.69) is 31.4 Å². The molecule has 1 aromatic heterocycles. The zero-order valence-corrected chi connectivity index (χ0v) is 11.4.